The van der Waals surface area contributed by atoms with Gasteiger partial charge in [-0.05, 0) is 32.9 Å². The number of ether oxygens (including phenoxy) is 1. The monoisotopic (exact) mass is 246 g/mol. The van der Waals surface area contributed by atoms with E-state index in [0.717, 1.165) is 5.56 Å². The molecule has 0 atom stereocenters. The van der Waals surface area contributed by atoms with Crippen molar-refractivity contribution < 1.29 is 14.3 Å². The van der Waals surface area contributed by atoms with E-state index in [1.165, 1.54) is 6.21 Å². The second-order valence-electron chi connectivity index (χ2n) is 4.99. The molecule has 0 aliphatic carbocycles. The largest absolute Gasteiger partial charge is 0.444 e. The minimum Gasteiger partial charge on any atom is -0.444 e. The van der Waals surface area contributed by atoms with Gasteiger partial charge in [-0.25, -0.2) is 9.79 Å². The molecule has 1 aliphatic rings. The first-order valence-electron chi connectivity index (χ1n) is 5.58. The van der Waals surface area contributed by atoms with Crippen molar-refractivity contribution in [1.82, 2.24) is 0 Å². The number of hydrogen-bond donors (Lipinski definition) is 1. The van der Waals surface area contributed by atoms with Gasteiger partial charge in [0.25, 0.3) is 5.91 Å². The van der Waals surface area contributed by atoms with Gasteiger partial charge in [0.05, 0.1) is 5.56 Å². The fourth-order valence-corrected chi connectivity index (χ4v) is 1.55. The number of carbonyl (C=O) groups excluding carboxylic acids is 2. The van der Waals surface area contributed by atoms with Crippen molar-refractivity contribution in [1.29, 1.82) is 0 Å². The van der Waals surface area contributed by atoms with Crippen LogP contribution < -0.4 is 5.32 Å². The average Bonchev–Trinajstić information content (AvgIpc) is 2.57. The molecule has 2 amide bonds. The van der Waals surface area contributed by atoms with Gasteiger partial charge in [-0.3, -0.25) is 10.1 Å². The minimum atomic E-state index is -0.556. The number of anilines is 1. The highest BCUT2D eigenvalue weighted by atomic mass is 16.6. The molecule has 1 heterocycles. The molecule has 1 N–H and O–H groups in total. The highest BCUT2D eigenvalue weighted by molar-refractivity contribution is 6.13. The molecule has 1 aliphatic heterocycles. The van der Waals surface area contributed by atoms with Crippen molar-refractivity contribution in [2.24, 2.45) is 4.99 Å². The predicted molar refractivity (Wildman–Crippen MR) is 68.2 cm³/mol. The lowest BCUT2D eigenvalue weighted by Crippen LogP contribution is -2.27. The number of amides is 2. The van der Waals surface area contributed by atoms with E-state index in [2.05, 4.69) is 10.3 Å². The van der Waals surface area contributed by atoms with E-state index in [-0.39, 0.29) is 5.91 Å². The fraction of sp³-hybridized carbons (Fsp3) is 0.308. The van der Waals surface area contributed by atoms with Crippen LogP contribution in [0.4, 0.5) is 10.5 Å². The summed E-state index contributed by atoms with van der Waals surface area (Å²) in [6, 6.07) is 5.03. The highest BCUT2D eigenvalue weighted by Crippen LogP contribution is 2.20. The van der Waals surface area contributed by atoms with Crippen LogP contribution in [0.5, 0.6) is 0 Å². The van der Waals surface area contributed by atoms with Gasteiger partial charge in [0.2, 0.25) is 0 Å². The Morgan fingerprint density at radius 1 is 1.33 bits per heavy atom. The number of benzene rings is 1. The van der Waals surface area contributed by atoms with Crippen molar-refractivity contribution in [2.45, 2.75) is 26.4 Å². The van der Waals surface area contributed by atoms with Crippen molar-refractivity contribution in [3.05, 3.63) is 29.3 Å². The molecule has 0 unspecified atom stereocenters. The zero-order valence-corrected chi connectivity index (χ0v) is 10.5. The van der Waals surface area contributed by atoms with E-state index >= 15 is 0 Å². The average molecular weight is 246 g/mol. The smallest absolute Gasteiger partial charge is 0.412 e. The Bertz CT molecular complexity index is 542. The summed E-state index contributed by atoms with van der Waals surface area (Å²) in [5.74, 6) is -0.294. The van der Waals surface area contributed by atoms with Crippen LogP contribution in [0.3, 0.4) is 0 Å². The Kier molecular flexibility index (Phi) is 2.90. The van der Waals surface area contributed by atoms with Crippen molar-refractivity contribution >= 4 is 23.9 Å². The third-order valence-electron chi connectivity index (χ3n) is 2.25. The van der Waals surface area contributed by atoms with Crippen LogP contribution in [0.25, 0.3) is 0 Å². The third-order valence-corrected chi connectivity index (χ3v) is 2.25. The van der Waals surface area contributed by atoms with E-state index in [9.17, 15) is 9.59 Å². The maximum Gasteiger partial charge on any atom is 0.412 e. The van der Waals surface area contributed by atoms with Crippen LogP contribution in [0.1, 0.15) is 36.7 Å². The van der Waals surface area contributed by atoms with Crippen molar-refractivity contribution in [2.75, 3.05) is 5.32 Å². The lowest BCUT2D eigenvalue weighted by atomic mass is 10.1. The van der Waals surface area contributed by atoms with Gasteiger partial charge in [-0.15, -0.1) is 0 Å². The van der Waals surface area contributed by atoms with Crippen LogP contribution in [-0.2, 0) is 4.74 Å². The Balaban J connectivity index is 2.10. The molecular weight excluding hydrogens is 232 g/mol. The van der Waals surface area contributed by atoms with Crippen LogP contribution in [0.2, 0.25) is 0 Å². The summed E-state index contributed by atoms with van der Waals surface area (Å²) in [7, 11) is 0. The van der Waals surface area contributed by atoms with Gasteiger partial charge in [0.1, 0.15) is 5.60 Å². The van der Waals surface area contributed by atoms with Gasteiger partial charge in [-0.1, -0.05) is 6.07 Å². The van der Waals surface area contributed by atoms with Crippen LogP contribution in [0.15, 0.2) is 23.2 Å². The van der Waals surface area contributed by atoms with Crippen molar-refractivity contribution in [3.8, 4) is 0 Å². The molecule has 1 aromatic rings. The minimum absolute atomic E-state index is 0.294. The van der Waals surface area contributed by atoms with Crippen molar-refractivity contribution in [3.63, 3.8) is 0 Å². The third kappa shape index (κ3) is 2.74. The molecule has 0 spiro atoms. The van der Waals surface area contributed by atoms with Crippen LogP contribution >= 0.6 is 0 Å². The first kappa shape index (κ1) is 12.3. The predicted octanol–water partition coefficient (Wildman–Crippen LogP) is 2.61. The number of carbonyl (C=O) groups is 2. The standard InChI is InChI=1S/C13H14N2O3/c1-13(2,3)18-12(17)15-9-5-4-8-7-14-11(16)10(8)6-9/h4-7H,1-3H3,(H,15,17). The summed E-state index contributed by atoms with van der Waals surface area (Å²) in [6.07, 6.45) is 0.961. The summed E-state index contributed by atoms with van der Waals surface area (Å²) in [6.45, 7) is 5.35. The summed E-state index contributed by atoms with van der Waals surface area (Å²) < 4.78 is 5.12. The van der Waals surface area contributed by atoms with E-state index in [4.69, 9.17) is 4.74 Å². The van der Waals surface area contributed by atoms with E-state index in [1.54, 1.807) is 39.0 Å². The first-order chi connectivity index (χ1) is 8.35. The second kappa shape index (κ2) is 4.25. The number of nitrogens with one attached hydrogen (secondary N) is 1. The zero-order valence-electron chi connectivity index (χ0n) is 10.5. The molecule has 18 heavy (non-hydrogen) atoms. The molecule has 0 saturated carbocycles. The number of fused-ring (bicyclic) bond motifs is 1. The van der Waals surface area contributed by atoms with Gasteiger partial charge < -0.3 is 4.74 Å². The molecule has 2 rings (SSSR count). The summed E-state index contributed by atoms with van der Waals surface area (Å²) in [5.41, 5.74) is 1.21. The number of hydrogen-bond acceptors (Lipinski definition) is 3. The highest BCUT2D eigenvalue weighted by Gasteiger charge is 2.18. The Morgan fingerprint density at radius 3 is 2.72 bits per heavy atom. The van der Waals surface area contributed by atoms with E-state index in [0.29, 0.717) is 11.3 Å². The molecule has 5 heteroatoms. The molecule has 5 nitrogen and oxygen atoms in total. The molecule has 0 bridgehead atoms. The Morgan fingerprint density at radius 2 is 2.06 bits per heavy atom. The topological polar surface area (TPSA) is 67.8 Å². The lowest BCUT2D eigenvalue weighted by molar-refractivity contribution is 0.0635. The second-order valence-corrected chi connectivity index (χ2v) is 4.99. The first-order valence-corrected chi connectivity index (χ1v) is 5.58. The maximum absolute atomic E-state index is 11.6. The molecular formula is C13H14N2O3. The number of aliphatic imine (C=N–C) groups is 1. The fourth-order valence-electron chi connectivity index (χ4n) is 1.55. The van der Waals surface area contributed by atoms with Gasteiger partial charge in [0.15, 0.2) is 0 Å². The summed E-state index contributed by atoms with van der Waals surface area (Å²) in [4.78, 5) is 26.6. The van der Waals surface area contributed by atoms with Gasteiger partial charge >= 0.3 is 6.09 Å². The van der Waals surface area contributed by atoms with E-state index < -0.39 is 11.7 Å². The number of rotatable bonds is 1. The van der Waals surface area contributed by atoms with E-state index in [1.807, 2.05) is 0 Å². The SMILES string of the molecule is CC(C)(C)OC(=O)Nc1ccc2c(c1)C(=O)N=C2. The normalized spacial score (nSPS) is 13.4. The number of nitrogens with zero attached hydrogens (tertiary/aromatic N) is 1. The zero-order chi connectivity index (χ0) is 13.3. The van der Waals surface area contributed by atoms with Crippen LogP contribution in [-0.4, -0.2) is 23.8 Å². The van der Waals surface area contributed by atoms with Crippen LogP contribution in [0, 0.1) is 0 Å². The Labute approximate surface area is 105 Å². The quantitative estimate of drug-likeness (QED) is 0.828. The summed E-state index contributed by atoms with van der Waals surface area (Å²) in [5, 5.41) is 2.58. The maximum atomic E-state index is 11.6. The molecule has 0 radical (unpaired) electrons. The molecule has 0 saturated heterocycles. The molecule has 0 fully saturated rings. The Hall–Kier alpha value is -2.17. The molecule has 1 aromatic carbocycles. The summed E-state index contributed by atoms with van der Waals surface area (Å²) >= 11 is 0. The van der Waals surface area contributed by atoms with Gasteiger partial charge in [-0.2, -0.15) is 0 Å². The molecule has 0 aromatic heterocycles. The van der Waals surface area contributed by atoms with Gasteiger partial charge in [0, 0.05) is 17.5 Å². The molecule has 94 valence electrons. The lowest BCUT2D eigenvalue weighted by Gasteiger charge is -2.19.